The van der Waals surface area contributed by atoms with Crippen molar-refractivity contribution < 1.29 is 0 Å². The Morgan fingerprint density at radius 3 is 2.56 bits per heavy atom. The molecule has 1 aromatic rings. The molecule has 48 valence electrons. The van der Waals surface area contributed by atoms with Gasteiger partial charge >= 0.3 is 0 Å². The fourth-order valence-electron chi connectivity index (χ4n) is 0.408. The largest absolute Gasteiger partial charge is 0.255 e. The van der Waals surface area contributed by atoms with Crippen LogP contribution in [0.5, 0.6) is 0 Å². The number of rotatable bonds is 1. The first-order valence-electron chi connectivity index (χ1n) is 2.35. The molecule has 1 aromatic heterocycles. The Morgan fingerprint density at radius 2 is 2.11 bits per heavy atom. The molecule has 0 bridgehead atoms. The third kappa shape index (κ3) is 1.80. The van der Waals surface area contributed by atoms with Crippen LogP contribution in [-0.2, 0) is 5.88 Å². The standard InChI is InChI=1S/C5H4Cl2N2/c6-1-4-2-9-5(7)3-8-4/h2-3H,1H2. The monoisotopic (exact) mass is 162 g/mol. The molecule has 0 radical (unpaired) electrons. The fourth-order valence-corrected chi connectivity index (χ4v) is 0.644. The van der Waals surface area contributed by atoms with Crippen molar-refractivity contribution in [2.75, 3.05) is 0 Å². The van der Waals surface area contributed by atoms with E-state index in [0.29, 0.717) is 11.0 Å². The van der Waals surface area contributed by atoms with Crippen LogP contribution in [0.3, 0.4) is 0 Å². The Morgan fingerprint density at radius 1 is 1.33 bits per heavy atom. The van der Waals surface area contributed by atoms with Crippen LogP contribution in [0, 0.1) is 0 Å². The fraction of sp³-hybridized carbons (Fsp3) is 0.200. The maximum Gasteiger partial charge on any atom is 0.147 e. The Bertz CT molecular complexity index is 185. The molecule has 0 unspecified atom stereocenters. The summed E-state index contributed by atoms with van der Waals surface area (Å²) < 4.78 is 0. The predicted molar refractivity (Wildman–Crippen MR) is 36.6 cm³/mol. The smallest absolute Gasteiger partial charge is 0.147 e. The molecule has 0 saturated carbocycles. The van der Waals surface area contributed by atoms with Crippen LogP contribution in [0.4, 0.5) is 0 Å². The maximum atomic E-state index is 5.45. The highest BCUT2D eigenvalue weighted by atomic mass is 35.5. The highest BCUT2D eigenvalue weighted by Crippen LogP contribution is 2.02. The van der Waals surface area contributed by atoms with Crippen molar-refractivity contribution in [1.82, 2.24) is 9.97 Å². The molecular weight excluding hydrogens is 159 g/mol. The van der Waals surface area contributed by atoms with E-state index >= 15 is 0 Å². The molecule has 0 spiro atoms. The minimum absolute atomic E-state index is 0.379. The molecule has 0 N–H and O–H groups in total. The Hall–Kier alpha value is -0.340. The zero-order chi connectivity index (χ0) is 6.69. The predicted octanol–water partition coefficient (Wildman–Crippen LogP) is 1.87. The third-order valence-electron chi connectivity index (χ3n) is 0.811. The summed E-state index contributed by atoms with van der Waals surface area (Å²) in [6.07, 6.45) is 3.02. The summed E-state index contributed by atoms with van der Waals surface area (Å²) in [4.78, 5) is 7.64. The molecule has 0 fully saturated rings. The van der Waals surface area contributed by atoms with Gasteiger partial charge < -0.3 is 0 Å². The van der Waals surface area contributed by atoms with Crippen molar-refractivity contribution in [2.24, 2.45) is 0 Å². The van der Waals surface area contributed by atoms with Crippen molar-refractivity contribution in [3.63, 3.8) is 0 Å². The van der Waals surface area contributed by atoms with Gasteiger partial charge in [-0.1, -0.05) is 11.6 Å². The number of aromatic nitrogens is 2. The summed E-state index contributed by atoms with van der Waals surface area (Å²) in [5.41, 5.74) is 0.737. The second-order valence-corrected chi connectivity index (χ2v) is 2.12. The van der Waals surface area contributed by atoms with E-state index in [-0.39, 0.29) is 0 Å². The summed E-state index contributed by atoms with van der Waals surface area (Å²) in [7, 11) is 0. The Kier molecular flexibility index (Phi) is 2.25. The molecule has 0 aromatic carbocycles. The zero-order valence-corrected chi connectivity index (χ0v) is 6.02. The quantitative estimate of drug-likeness (QED) is 0.590. The molecule has 4 heteroatoms. The SMILES string of the molecule is ClCc1cnc(Cl)cn1. The van der Waals surface area contributed by atoms with Crippen molar-refractivity contribution in [1.29, 1.82) is 0 Å². The highest BCUT2D eigenvalue weighted by molar-refractivity contribution is 6.29. The van der Waals surface area contributed by atoms with Gasteiger partial charge in [-0.05, 0) is 0 Å². The van der Waals surface area contributed by atoms with Gasteiger partial charge in [-0.3, -0.25) is 4.98 Å². The molecule has 0 aliphatic carbocycles. The molecule has 0 aliphatic rings. The molecule has 9 heavy (non-hydrogen) atoms. The van der Waals surface area contributed by atoms with Gasteiger partial charge in [0.25, 0.3) is 0 Å². The van der Waals surface area contributed by atoms with E-state index in [1.807, 2.05) is 0 Å². The molecular formula is C5H4Cl2N2. The highest BCUT2D eigenvalue weighted by Gasteiger charge is 1.90. The number of alkyl halides is 1. The van der Waals surface area contributed by atoms with E-state index in [2.05, 4.69) is 9.97 Å². The van der Waals surface area contributed by atoms with Crippen molar-refractivity contribution in [3.8, 4) is 0 Å². The van der Waals surface area contributed by atoms with Crippen molar-refractivity contribution in [3.05, 3.63) is 23.2 Å². The van der Waals surface area contributed by atoms with Gasteiger partial charge in [0.1, 0.15) is 5.15 Å². The summed E-state index contributed by atoms with van der Waals surface area (Å²) in [6.45, 7) is 0. The van der Waals surface area contributed by atoms with E-state index in [9.17, 15) is 0 Å². The maximum absolute atomic E-state index is 5.45. The van der Waals surface area contributed by atoms with E-state index in [1.54, 1.807) is 6.20 Å². The van der Waals surface area contributed by atoms with Gasteiger partial charge in [-0.2, -0.15) is 0 Å². The number of hydrogen-bond donors (Lipinski definition) is 0. The second kappa shape index (κ2) is 2.99. The summed E-state index contributed by atoms with van der Waals surface area (Å²) in [6, 6.07) is 0. The zero-order valence-electron chi connectivity index (χ0n) is 4.51. The first kappa shape index (κ1) is 6.78. The molecule has 2 nitrogen and oxygen atoms in total. The molecule has 0 amide bonds. The average Bonchev–Trinajstić information content (AvgIpc) is 1.90. The molecule has 1 heterocycles. The summed E-state index contributed by atoms with van der Waals surface area (Å²) in [5.74, 6) is 0.379. The normalized spacial score (nSPS) is 9.56. The van der Waals surface area contributed by atoms with Crippen LogP contribution in [-0.4, -0.2) is 9.97 Å². The van der Waals surface area contributed by atoms with Crippen LogP contribution in [0.15, 0.2) is 12.4 Å². The van der Waals surface area contributed by atoms with Crippen molar-refractivity contribution >= 4 is 23.2 Å². The van der Waals surface area contributed by atoms with Crippen LogP contribution in [0.1, 0.15) is 5.69 Å². The van der Waals surface area contributed by atoms with Gasteiger partial charge in [0.2, 0.25) is 0 Å². The van der Waals surface area contributed by atoms with Crippen LogP contribution < -0.4 is 0 Å². The van der Waals surface area contributed by atoms with Crippen LogP contribution in [0.25, 0.3) is 0 Å². The lowest BCUT2D eigenvalue weighted by Gasteiger charge is -1.90. The van der Waals surface area contributed by atoms with Gasteiger partial charge in [0.15, 0.2) is 0 Å². The molecule has 1 rings (SSSR count). The first-order chi connectivity index (χ1) is 4.33. The van der Waals surface area contributed by atoms with Gasteiger partial charge in [-0.15, -0.1) is 11.6 Å². The number of hydrogen-bond acceptors (Lipinski definition) is 2. The van der Waals surface area contributed by atoms with E-state index in [4.69, 9.17) is 23.2 Å². The first-order valence-corrected chi connectivity index (χ1v) is 3.26. The Balaban J connectivity index is 2.88. The topological polar surface area (TPSA) is 25.8 Å². The van der Waals surface area contributed by atoms with E-state index in [1.165, 1.54) is 6.20 Å². The summed E-state index contributed by atoms with van der Waals surface area (Å²) in [5, 5.41) is 0.392. The van der Waals surface area contributed by atoms with E-state index in [0.717, 1.165) is 5.69 Å². The lowest BCUT2D eigenvalue weighted by molar-refractivity contribution is 1.10. The number of nitrogens with zero attached hydrogens (tertiary/aromatic N) is 2. The van der Waals surface area contributed by atoms with Crippen molar-refractivity contribution in [2.45, 2.75) is 5.88 Å². The second-order valence-electron chi connectivity index (χ2n) is 1.46. The lowest BCUT2D eigenvalue weighted by Crippen LogP contribution is -1.85. The molecule has 0 aliphatic heterocycles. The minimum Gasteiger partial charge on any atom is -0.255 e. The molecule has 0 atom stereocenters. The van der Waals surface area contributed by atoms with Gasteiger partial charge in [0, 0.05) is 0 Å². The van der Waals surface area contributed by atoms with Crippen LogP contribution >= 0.6 is 23.2 Å². The Labute approximate surface area is 62.8 Å². The molecule has 0 saturated heterocycles. The number of halogens is 2. The minimum atomic E-state index is 0.379. The summed E-state index contributed by atoms with van der Waals surface area (Å²) >= 11 is 10.9. The van der Waals surface area contributed by atoms with Gasteiger partial charge in [-0.25, -0.2) is 4.98 Å². The van der Waals surface area contributed by atoms with E-state index < -0.39 is 0 Å². The average molecular weight is 163 g/mol. The van der Waals surface area contributed by atoms with Gasteiger partial charge in [0.05, 0.1) is 24.0 Å². The third-order valence-corrected chi connectivity index (χ3v) is 1.28. The van der Waals surface area contributed by atoms with Crippen LogP contribution in [0.2, 0.25) is 5.15 Å². The lowest BCUT2D eigenvalue weighted by atomic mass is 10.5.